The van der Waals surface area contributed by atoms with Crippen LogP contribution in [0.3, 0.4) is 0 Å². The lowest BCUT2D eigenvalue weighted by molar-refractivity contribution is -0.384. The Morgan fingerprint density at radius 2 is 1.81 bits per heavy atom. The zero-order valence-corrected chi connectivity index (χ0v) is 21.0. The Hall–Kier alpha value is -4.28. The van der Waals surface area contributed by atoms with Gasteiger partial charge in [0.25, 0.3) is 5.69 Å². The molecule has 5 rings (SSSR count). The van der Waals surface area contributed by atoms with Crippen molar-refractivity contribution < 1.29 is 9.72 Å². The maximum Gasteiger partial charge on any atom is 0.289 e. The van der Waals surface area contributed by atoms with Gasteiger partial charge in [-0.2, -0.15) is 0 Å². The Morgan fingerprint density at radius 3 is 2.59 bits per heavy atom. The molecular formula is C26H19ClN6O3S. The van der Waals surface area contributed by atoms with Crippen LogP contribution >= 0.6 is 23.4 Å². The molecule has 37 heavy (non-hydrogen) atoms. The summed E-state index contributed by atoms with van der Waals surface area (Å²) in [6, 6.07) is 23.9. The second-order valence-corrected chi connectivity index (χ2v) is 9.41. The first-order valence-corrected chi connectivity index (χ1v) is 12.5. The second kappa shape index (κ2) is 10.4. The van der Waals surface area contributed by atoms with Gasteiger partial charge in [0.1, 0.15) is 5.02 Å². The number of carbonyl (C=O) groups is 1. The number of nitrogens with one attached hydrogen (secondary N) is 1. The monoisotopic (exact) mass is 530 g/mol. The maximum atomic E-state index is 12.5. The van der Waals surface area contributed by atoms with Crippen molar-refractivity contribution in [2.75, 3.05) is 11.1 Å². The molecule has 0 bridgehead atoms. The molecule has 1 N–H and O–H groups in total. The van der Waals surface area contributed by atoms with Crippen molar-refractivity contribution >= 4 is 51.5 Å². The number of hydrogen-bond donors (Lipinski definition) is 1. The van der Waals surface area contributed by atoms with E-state index in [-0.39, 0.29) is 28.1 Å². The van der Waals surface area contributed by atoms with Crippen molar-refractivity contribution in [1.82, 2.24) is 19.7 Å². The smallest absolute Gasteiger partial charge is 0.289 e. The molecule has 9 nitrogen and oxygen atoms in total. The first-order chi connectivity index (χ1) is 17.9. The molecule has 5 aromatic rings. The summed E-state index contributed by atoms with van der Waals surface area (Å²) in [5.41, 5.74) is 3.55. The number of nitro benzene ring substituents is 1. The lowest BCUT2D eigenvalue weighted by Gasteiger charge is -2.10. The Balaban J connectivity index is 1.39. The summed E-state index contributed by atoms with van der Waals surface area (Å²) in [5.74, 6) is 0.341. The SMILES string of the molecule is Cn1c(SCC(=O)Nc2ccc(Cl)c([N+](=O)[O-])c2)nnc1-c1cc(-c2ccccc2)nc2ccccc12. The molecule has 2 aromatic heterocycles. The molecule has 0 aliphatic carbocycles. The summed E-state index contributed by atoms with van der Waals surface area (Å²) in [5, 5.41) is 24.0. The number of halogens is 1. The first kappa shape index (κ1) is 24.4. The average Bonchev–Trinajstić information content (AvgIpc) is 3.28. The third-order valence-electron chi connectivity index (χ3n) is 5.62. The highest BCUT2D eigenvalue weighted by atomic mass is 35.5. The Bertz CT molecular complexity index is 1640. The van der Waals surface area contributed by atoms with Gasteiger partial charge in [0.05, 0.1) is 21.9 Å². The number of anilines is 1. The highest BCUT2D eigenvalue weighted by Crippen LogP contribution is 2.32. The third kappa shape index (κ3) is 5.16. The van der Waals surface area contributed by atoms with E-state index < -0.39 is 4.92 Å². The van der Waals surface area contributed by atoms with Gasteiger partial charge >= 0.3 is 0 Å². The fourth-order valence-corrected chi connectivity index (χ4v) is 4.75. The van der Waals surface area contributed by atoms with Gasteiger partial charge in [-0.05, 0) is 24.3 Å². The summed E-state index contributed by atoms with van der Waals surface area (Å²) in [7, 11) is 1.84. The minimum atomic E-state index is -0.597. The van der Waals surface area contributed by atoms with E-state index in [1.807, 2.05) is 72.3 Å². The summed E-state index contributed by atoms with van der Waals surface area (Å²) in [4.78, 5) is 27.8. The van der Waals surface area contributed by atoms with Gasteiger partial charge in [-0.15, -0.1) is 10.2 Å². The molecule has 0 atom stereocenters. The van der Waals surface area contributed by atoms with Crippen molar-refractivity contribution in [2.45, 2.75) is 5.16 Å². The molecule has 2 heterocycles. The van der Waals surface area contributed by atoms with Crippen LogP contribution in [0.15, 0.2) is 84.0 Å². The molecule has 184 valence electrons. The summed E-state index contributed by atoms with van der Waals surface area (Å²) in [6.45, 7) is 0. The fraction of sp³-hybridized carbons (Fsp3) is 0.0769. The van der Waals surface area contributed by atoms with E-state index in [0.717, 1.165) is 27.7 Å². The minimum absolute atomic E-state index is 0.00282. The number of benzene rings is 3. The van der Waals surface area contributed by atoms with E-state index >= 15 is 0 Å². The van der Waals surface area contributed by atoms with Crippen molar-refractivity contribution in [3.63, 3.8) is 0 Å². The summed E-state index contributed by atoms with van der Waals surface area (Å²) < 4.78 is 1.83. The average molecular weight is 531 g/mol. The molecule has 0 saturated heterocycles. The molecule has 0 fully saturated rings. The number of rotatable bonds is 7. The van der Waals surface area contributed by atoms with Gasteiger partial charge in [-0.3, -0.25) is 14.9 Å². The van der Waals surface area contributed by atoms with Gasteiger partial charge < -0.3 is 9.88 Å². The molecule has 3 aromatic carbocycles. The van der Waals surface area contributed by atoms with E-state index in [1.165, 1.54) is 30.0 Å². The van der Waals surface area contributed by atoms with E-state index in [9.17, 15) is 14.9 Å². The first-order valence-electron chi connectivity index (χ1n) is 11.1. The zero-order valence-electron chi connectivity index (χ0n) is 19.5. The number of para-hydroxylation sites is 1. The zero-order chi connectivity index (χ0) is 25.9. The van der Waals surface area contributed by atoms with E-state index in [4.69, 9.17) is 16.6 Å². The Morgan fingerprint density at radius 1 is 1.05 bits per heavy atom. The largest absolute Gasteiger partial charge is 0.325 e. The van der Waals surface area contributed by atoms with Crippen molar-refractivity contribution in [3.05, 3.63) is 94.0 Å². The number of aromatic nitrogens is 4. The second-order valence-electron chi connectivity index (χ2n) is 8.06. The molecule has 11 heteroatoms. The molecule has 0 aliphatic rings. The van der Waals surface area contributed by atoms with Gasteiger partial charge in [0, 0.05) is 35.3 Å². The molecule has 0 unspecified atom stereocenters. The lowest BCUT2D eigenvalue weighted by Crippen LogP contribution is -2.14. The predicted molar refractivity (Wildman–Crippen MR) is 145 cm³/mol. The van der Waals surface area contributed by atoms with E-state index in [2.05, 4.69) is 15.5 Å². The minimum Gasteiger partial charge on any atom is -0.325 e. The van der Waals surface area contributed by atoms with Gasteiger partial charge in [-0.1, -0.05) is 71.9 Å². The number of pyridine rings is 1. The molecular weight excluding hydrogens is 512 g/mol. The van der Waals surface area contributed by atoms with Crippen molar-refractivity contribution in [1.29, 1.82) is 0 Å². The number of carbonyl (C=O) groups excluding carboxylic acids is 1. The fourth-order valence-electron chi connectivity index (χ4n) is 3.85. The lowest BCUT2D eigenvalue weighted by atomic mass is 10.0. The van der Waals surface area contributed by atoms with Gasteiger partial charge in [0.2, 0.25) is 5.91 Å². The topological polar surface area (TPSA) is 116 Å². The Labute approximate surface area is 220 Å². The standard InChI is InChI=1S/C26H19ClN6O3S/c1-32-25(19-14-22(16-7-3-2-4-8-16)29-21-10-6-5-9-18(19)21)30-31-26(32)37-15-24(34)28-17-11-12-20(27)23(13-17)33(35)36/h2-14H,15H2,1H3,(H,28,34). The summed E-state index contributed by atoms with van der Waals surface area (Å²) in [6.07, 6.45) is 0. The predicted octanol–water partition coefficient (Wildman–Crippen LogP) is 5.99. The van der Waals surface area contributed by atoms with Gasteiger partial charge in [-0.25, -0.2) is 4.98 Å². The van der Waals surface area contributed by atoms with Crippen LogP contribution in [0.4, 0.5) is 11.4 Å². The van der Waals surface area contributed by atoms with Crippen LogP contribution in [0.1, 0.15) is 0 Å². The number of nitro groups is 1. The Kier molecular flexibility index (Phi) is 6.85. The van der Waals surface area contributed by atoms with Gasteiger partial charge in [0.15, 0.2) is 11.0 Å². The molecule has 0 spiro atoms. The number of hydrogen-bond acceptors (Lipinski definition) is 7. The van der Waals surface area contributed by atoms with Crippen LogP contribution in [-0.2, 0) is 11.8 Å². The van der Waals surface area contributed by atoms with Crippen molar-refractivity contribution in [3.8, 4) is 22.6 Å². The van der Waals surface area contributed by atoms with Crippen molar-refractivity contribution in [2.24, 2.45) is 7.05 Å². The number of nitrogens with zero attached hydrogens (tertiary/aromatic N) is 5. The third-order valence-corrected chi connectivity index (χ3v) is 6.96. The van der Waals surface area contributed by atoms with Crippen LogP contribution < -0.4 is 5.32 Å². The highest BCUT2D eigenvalue weighted by Gasteiger charge is 2.18. The highest BCUT2D eigenvalue weighted by molar-refractivity contribution is 7.99. The van der Waals surface area contributed by atoms with Crippen LogP contribution in [0.5, 0.6) is 0 Å². The van der Waals surface area contributed by atoms with E-state index in [0.29, 0.717) is 11.0 Å². The summed E-state index contributed by atoms with van der Waals surface area (Å²) >= 11 is 7.05. The van der Waals surface area contributed by atoms with Crippen LogP contribution in [0, 0.1) is 10.1 Å². The maximum absolute atomic E-state index is 12.5. The number of thioether (sulfide) groups is 1. The number of fused-ring (bicyclic) bond motifs is 1. The molecule has 0 saturated carbocycles. The molecule has 0 radical (unpaired) electrons. The molecule has 0 aliphatic heterocycles. The van der Waals surface area contributed by atoms with E-state index in [1.54, 1.807) is 0 Å². The number of amides is 1. The van der Waals surface area contributed by atoms with Crippen LogP contribution in [0.2, 0.25) is 5.02 Å². The quantitative estimate of drug-likeness (QED) is 0.156. The van der Waals surface area contributed by atoms with Crippen LogP contribution in [-0.4, -0.2) is 36.3 Å². The molecule has 1 amide bonds. The normalized spacial score (nSPS) is 11.0. The van der Waals surface area contributed by atoms with Crippen LogP contribution in [0.25, 0.3) is 33.5 Å².